The third-order valence-corrected chi connectivity index (χ3v) is 5.07. The lowest BCUT2D eigenvalue weighted by Gasteiger charge is -2.31. The van der Waals surface area contributed by atoms with E-state index in [0.717, 1.165) is 31.5 Å². The van der Waals surface area contributed by atoms with Crippen LogP contribution in [0.3, 0.4) is 0 Å². The molecule has 4 heterocycles. The topological polar surface area (TPSA) is 106 Å². The number of hydrogen-bond acceptors (Lipinski definition) is 6. The normalized spacial score (nSPS) is 18.4. The lowest BCUT2D eigenvalue weighted by atomic mass is 10.0. The van der Waals surface area contributed by atoms with Gasteiger partial charge in [-0.1, -0.05) is 10.4 Å². The van der Waals surface area contributed by atoms with Crippen molar-refractivity contribution in [1.82, 2.24) is 35.0 Å². The van der Waals surface area contributed by atoms with Crippen molar-refractivity contribution in [2.75, 3.05) is 13.1 Å². The second kappa shape index (κ2) is 6.08. The number of aromatic nitrogens is 6. The van der Waals surface area contributed by atoms with Crippen LogP contribution < -0.4 is 0 Å². The molecule has 3 aromatic heterocycles. The standard InChI is InChI=1S/C17H19N7O2/c25-17(13-2-1-7-18-13)23-8-5-12(6-9-23)24-10-14(20-22-24)16-19-15(21-26-16)11-3-4-11/h1-2,7,10-12,18H,3-6,8-9H2. The van der Waals surface area contributed by atoms with Gasteiger partial charge in [-0.3, -0.25) is 4.79 Å². The molecule has 26 heavy (non-hydrogen) atoms. The van der Waals surface area contributed by atoms with Crippen LogP contribution in [-0.4, -0.2) is 54.0 Å². The second-order valence-corrected chi connectivity index (χ2v) is 6.92. The van der Waals surface area contributed by atoms with Crippen LogP contribution in [0.2, 0.25) is 0 Å². The van der Waals surface area contributed by atoms with Gasteiger partial charge < -0.3 is 14.4 Å². The molecule has 0 radical (unpaired) electrons. The average molecular weight is 353 g/mol. The molecule has 0 aromatic carbocycles. The molecule has 2 fully saturated rings. The van der Waals surface area contributed by atoms with Crippen molar-refractivity contribution in [2.45, 2.75) is 37.6 Å². The summed E-state index contributed by atoms with van der Waals surface area (Å²) in [5.74, 6) is 1.69. The smallest absolute Gasteiger partial charge is 0.280 e. The van der Waals surface area contributed by atoms with Crippen LogP contribution in [-0.2, 0) is 0 Å². The van der Waals surface area contributed by atoms with Gasteiger partial charge in [-0.15, -0.1) is 5.10 Å². The Labute approximate surface area is 149 Å². The molecule has 5 rings (SSSR count). The van der Waals surface area contributed by atoms with Crippen molar-refractivity contribution in [2.24, 2.45) is 0 Å². The van der Waals surface area contributed by atoms with Gasteiger partial charge >= 0.3 is 0 Å². The maximum Gasteiger partial charge on any atom is 0.280 e. The van der Waals surface area contributed by atoms with Crippen LogP contribution in [0.1, 0.15) is 54.0 Å². The molecule has 1 aliphatic heterocycles. The maximum atomic E-state index is 12.4. The predicted molar refractivity (Wildman–Crippen MR) is 90.3 cm³/mol. The molecule has 1 aliphatic carbocycles. The number of rotatable bonds is 4. The average Bonchev–Trinajstić information content (AvgIpc) is 3.14. The van der Waals surface area contributed by atoms with Gasteiger partial charge in [-0.25, -0.2) is 4.68 Å². The van der Waals surface area contributed by atoms with E-state index in [9.17, 15) is 4.79 Å². The van der Waals surface area contributed by atoms with Crippen molar-refractivity contribution in [3.63, 3.8) is 0 Å². The first-order valence-corrected chi connectivity index (χ1v) is 8.96. The predicted octanol–water partition coefficient (Wildman–Crippen LogP) is 2.01. The number of amides is 1. The lowest BCUT2D eigenvalue weighted by Crippen LogP contribution is -2.39. The molecule has 0 atom stereocenters. The SMILES string of the molecule is O=C(c1ccc[nH]1)N1CCC(n2cc(-c3nc(C4CC4)no3)nn2)CC1. The number of nitrogens with one attached hydrogen (secondary N) is 1. The number of aromatic amines is 1. The van der Waals surface area contributed by atoms with Gasteiger partial charge in [-0.05, 0) is 37.8 Å². The lowest BCUT2D eigenvalue weighted by molar-refractivity contribution is 0.0684. The highest BCUT2D eigenvalue weighted by molar-refractivity contribution is 5.92. The Kier molecular flexibility index (Phi) is 3.58. The zero-order valence-corrected chi connectivity index (χ0v) is 14.2. The number of likely N-dealkylation sites (tertiary alicyclic amines) is 1. The molecule has 2 aliphatic rings. The van der Waals surface area contributed by atoms with E-state index in [4.69, 9.17) is 4.52 Å². The minimum atomic E-state index is 0.0474. The molecule has 134 valence electrons. The number of carbonyl (C=O) groups excluding carboxylic acids is 1. The van der Waals surface area contributed by atoms with Crippen molar-refractivity contribution >= 4 is 5.91 Å². The largest absolute Gasteiger partial charge is 0.357 e. The Balaban J connectivity index is 1.24. The molecule has 1 saturated heterocycles. The van der Waals surface area contributed by atoms with Crippen molar-refractivity contribution in [3.8, 4) is 11.6 Å². The molecule has 0 spiro atoms. The molecule has 1 saturated carbocycles. The van der Waals surface area contributed by atoms with Gasteiger partial charge in [0.2, 0.25) is 0 Å². The Morgan fingerprint density at radius 1 is 1.23 bits per heavy atom. The van der Waals surface area contributed by atoms with Gasteiger partial charge in [0, 0.05) is 25.2 Å². The maximum absolute atomic E-state index is 12.4. The van der Waals surface area contributed by atoms with E-state index in [1.165, 1.54) is 0 Å². The Morgan fingerprint density at radius 3 is 2.81 bits per heavy atom. The van der Waals surface area contributed by atoms with Crippen molar-refractivity contribution in [1.29, 1.82) is 0 Å². The molecule has 9 nitrogen and oxygen atoms in total. The van der Waals surface area contributed by atoms with Crippen LogP contribution in [0.25, 0.3) is 11.6 Å². The highest BCUT2D eigenvalue weighted by Gasteiger charge is 2.30. The van der Waals surface area contributed by atoms with Gasteiger partial charge in [0.25, 0.3) is 11.8 Å². The van der Waals surface area contributed by atoms with Crippen molar-refractivity contribution < 1.29 is 9.32 Å². The summed E-state index contributed by atoms with van der Waals surface area (Å²) in [7, 11) is 0. The summed E-state index contributed by atoms with van der Waals surface area (Å²) in [4.78, 5) is 21.6. The molecular formula is C17H19N7O2. The highest BCUT2D eigenvalue weighted by Crippen LogP contribution is 2.38. The van der Waals surface area contributed by atoms with E-state index in [-0.39, 0.29) is 11.9 Å². The van der Waals surface area contributed by atoms with Gasteiger partial charge in [-0.2, -0.15) is 4.98 Å². The molecular weight excluding hydrogens is 334 g/mol. The van der Waals surface area contributed by atoms with E-state index >= 15 is 0 Å². The van der Waals surface area contributed by atoms with Crippen LogP contribution in [0.4, 0.5) is 0 Å². The van der Waals surface area contributed by atoms with Crippen LogP contribution >= 0.6 is 0 Å². The Hall–Kier alpha value is -2.97. The second-order valence-electron chi connectivity index (χ2n) is 6.92. The molecule has 0 bridgehead atoms. The first-order valence-electron chi connectivity index (χ1n) is 8.96. The van der Waals surface area contributed by atoms with Crippen molar-refractivity contribution in [3.05, 3.63) is 36.0 Å². The fourth-order valence-corrected chi connectivity index (χ4v) is 3.37. The van der Waals surface area contributed by atoms with E-state index in [1.807, 2.05) is 21.8 Å². The van der Waals surface area contributed by atoms with Crippen LogP contribution in [0, 0.1) is 0 Å². The fourth-order valence-electron chi connectivity index (χ4n) is 3.37. The summed E-state index contributed by atoms with van der Waals surface area (Å²) < 4.78 is 7.16. The zero-order valence-electron chi connectivity index (χ0n) is 14.2. The summed E-state index contributed by atoms with van der Waals surface area (Å²) in [5, 5.41) is 12.4. The van der Waals surface area contributed by atoms with E-state index in [1.54, 1.807) is 12.3 Å². The molecule has 0 unspecified atom stereocenters. The molecule has 3 aromatic rings. The third kappa shape index (κ3) is 2.79. The summed E-state index contributed by atoms with van der Waals surface area (Å²) in [5.41, 5.74) is 1.24. The van der Waals surface area contributed by atoms with E-state index in [0.29, 0.717) is 36.3 Å². The van der Waals surface area contributed by atoms with Gasteiger partial charge in [0.15, 0.2) is 11.5 Å². The Bertz CT molecular complexity index is 901. The molecule has 1 amide bonds. The number of H-pyrrole nitrogens is 1. The first kappa shape index (κ1) is 15.3. The van der Waals surface area contributed by atoms with Gasteiger partial charge in [0.1, 0.15) is 5.69 Å². The quantitative estimate of drug-likeness (QED) is 0.769. The number of hydrogen-bond donors (Lipinski definition) is 1. The van der Waals surface area contributed by atoms with E-state index in [2.05, 4.69) is 25.4 Å². The minimum absolute atomic E-state index is 0.0474. The summed E-state index contributed by atoms with van der Waals surface area (Å²) in [6.45, 7) is 1.40. The first-order chi connectivity index (χ1) is 12.8. The van der Waals surface area contributed by atoms with Crippen LogP contribution in [0.15, 0.2) is 29.0 Å². The highest BCUT2D eigenvalue weighted by atomic mass is 16.5. The monoisotopic (exact) mass is 353 g/mol. The van der Waals surface area contributed by atoms with Crippen LogP contribution in [0.5, 0.6) is 0 Å². The minimum Gasteiger partial charge on any atom is -0.357 e. The third-order valence-electron chi connectivity index (χ3n) is 5.07. The summed E-state index contributed by atoms with van der Waals surface area (Å²) >= 11 is 0. The zero-order chi connectivity index (χ0) is 17.5. The summed E-state index contributed by atoms with van der Waals surface area (Å²) in [6.07, 6.45) is 7.57. The number of carbonyl (C=O) groups is 1. The van der Waals surface area contributed by atoms with E-state index < -0.39 is 0 Å². The van der Waals surface area contributed by atoms with Gasteiger partial charge in [0.05, 0.1) is 12.2 Å². The number of piperidine rings is 1. The molecule has 9 heteroatoms. The molecule has 1 N–H and O–H groups in total. The number of nitrogens with zero attached hydrogens (tertiary/aromatic N) is 6. The fraction of sp³-hybridized carbons (Fsp3) is 0.471. The Morgan fingerprint density at radius 2 is 2.08 bits per heavy atom. The summed E-state index contributed by atoms with van der Waals surface area (Å²) in [6, 6.07) is 3.86.